The molecule has 0 saturated carbocycles. The van der Waals surface area contributed by atoms with E-state index in [4.69, 9.17) is 16.7 Å². The van der Waals surface area contributed by atoms with E-state index in [1.807, 2.05) is 11.4 Å². The van der Waals surface area contributed by atoms with E-state index >= 15 is 0 Å². The number of thiazole rings is 1. The van der Waals surface area contributed by atoms with Crippen LogP contribution in [0.2, 0.25) is 5.15 Å². The van der Waals surface area contributed by atoms with Crippen molar-refractivity contribution in [2.45, 2.75) is 6.61 Å². The highest BCUT2D eigenvalue weighted by Crippen LogP contribution is 2.23. The monoisotopic (exact) mass is 226 g/mol. The Morgan fingerprint density at radius 1 is 1.43 bits per heavy atom. The Balaban J connectivity index is 2.34. The van der Waals surface area contributed by atoms with E-state index in [0.717, 1.165) is 10.6 Å². The van der Waals surface area contributed by atoms with E-state index in [1.165, 1.54) is 11.3 Å². The van der Waals surface area contributed by atoms with Crippen LogP contribution in [0.25, 0.3) is 10.6 Å². The summed E-state index contributed by atoms with van der Waals surface area (Å²) in [6, 6.07) is 3.58. The zero-order chi connectivity index (χ0) is 9.97. The maximum absolute atomic E-state index is 8.85. The SMILES string of the molecule is OCc1csc(-c2ccc(Cl)nc2)n1. The number of hydrogen-bond donors (Lipinski definition) is 1. The summed E-state index contributed by atoms with van der Waals surface area (Å²) in [6.45, 7) is -0.0302. The van der Waals surface area contributed by atoms with Gasteiger partial charge in [-0.05, 0) is 12.1 Å². The van der Waals surface area contributed by atoms with Gasteiger partial charge in [0.05, 0.1) is 12.3 Å². The smallest absolute Gasteiger partial charge is 0.129 e. The van der Waals surface area contributed by atoms with E-state index in [2.05, 4.69) is 9.97 Å². The third-order valence-electron chi connectivity index (χ3n) is 1.69. The van der Waals surface area contributed by atoms with Gasteiger partial charge in [0, 0.05) is 17.1 Å². The lowest BCUT2D eigenvalue weighted by atomic mass is 10.3. The maximum Gasteiger partial charge on any atom is 0.129 e. The van der Waals surface area contributed by atoms with E-state index in [-0.39, 0.29) is 6.61 Å². The first kappa shape index (κ1) is 9.58. The van der Waals surface area contributed by atoms with Crippen LogP contribution in [0, 0.1) is 0 Å². The van der Waals surface area contributed by atoms with Crippen molar-refractivity contribution in [1.29, 1.82) is 0 Å². The van der Waals surface area contributed by atoms with Gasteiger partial charge < -0.3 is 5.11 Å². The van der Waals surface area contributed by atoms with Crippen molar-refractivity contribution in [3.8, 4) is 10.6 Å². The van der Waals surface area contributed by atoms with Gasteiger partial charge in [-0.15, -0.1) is 11.3 Å². The number of halogens is 1. The second kappa shape index (κ2) is 4.04. The van der Waals surface area contributed by atoms with Gasteiger partial charge in [0.25, 0.3) is 0 Å². The summed E-state index contributed by atoms with van der Waals surface area (Å²) >= 11 is 7.14. The van der Waals surface area contributed by atoms with Crippen LogP contribution in [0.1, 0.15) is 5.69 Å². The van der Waals surface area contributed by atoms with Crippen LogP contribution in [-0.2, 0) is 6.61 Å². The average molecular weight is 227 g/mol. The molecule has 2 aromatic heterocycles. The van der Waals surface area contributed by atoms with Crippen molar-refractivity contribution in [2.75, 3.05) is 0 Å². The summed E-state index contributed by atoms with van der Waals surface area (Å²) < 4.78 is 0. The predicted octanol–water partition coefficient (Wildman–Crippen LogP) is 2.35. The highest BCUT2D eigenvalue weighted by molar-refractivity contribution is 7.13. The topological polar surface area (TPSA) is 46.0 Å². The average Bonchev–Trinajstić information content (AvgIpc) is 2.67. The molecular formula is C9H7ClN2OS. The summed E-state index contributed by atoms with van der Waals surface area (Å²) in [5, 5.41) is 12.0. The molecule has 0 saturated heterocycles. The molecule has 0 atom stereocenters. The molecule has 0 bridgehead atoms. The Hall–Kier alpha value is -0.970. The van der Waals surface area contributed by atoms with Crippen LogP contribution in [0.3, 0.4) is 0 Å². The quantitative estimate of drug-likeness (QED) is 0.800. The fourth-order valence-electron chi connectivity index (χ4n) is 1.01. The Kier molecular flexibility index (Phi) is 2.77. The van der Waals surface area contributed by atoms with Crippen LogP contribution in [0.5, 0.6) is 0 Å². The number of rotatable bonds is 2. The Labute approximate surface area is 90.0 Å². The van der Waals surface area contributed by atoms with E-state index in [0.29, 0.717) is 10.8 Å². The van der Waals surface area contributed by atoms with Crippen LogP contribution in [0.15, 0.2) is 23.7 Å². The van der Waals surface area contributed by atoms with Crippen LogP contribution >= 0.6 is 22.9 Å². The lowest BCUT2D eigenvalue weighted by Gasteiger charge is -1.94. The molecule has 0 aliphatic heterocycles. The van der Waals surface area contributed by atoms with Gasteiger partial charge in [0.1, 0.15) is 10.2 Å². The Bertz CT molecular complexity index is 427. The lowest BCUT2D eigenvalue weighted by Crippen LogP contribution is -1.83. The molecule has 3 nitrogen and oxygen atoms in total. The van der Waals surface area contributed by atoms with Crippen molar-refractivity contribution in [3.05, 3.63) is 34.6 Å². The molecule has 0 unspecified atom stereocenters. The van der Waals surface area contributed by atoms with Gasteiger partial charge in [-0.25, -0.2) is 9.97 Å². The molecule has 0 amide bonds. The number of aliphatic hydroxyl groups excluding tert-OH is 1. The normalized spacial score (nSPS) is 10.4. The molecule has 2 heterocycles. The van der Waals surface area contributed by atoms with Gasteiger partial charge >= 0.3 is 0 Å². The van der Waals surface area contributed by atoms with Gasteiger partial charge in [-0.2, -0.15) is 0 Å². The maximum atomic E-state index is 8.85. The number of aromatic nitrogens is 2. The first-order valence-corrected chi connectivity index (χ1v) is 5.22. The minimum absolute atomic E-state index is 0.0302. The minimum atomic E-state index is -0.0302. The molecule has 2 aromatic rings. The van der Waals surface area contributed by atoms with Crippen molar-refractivity contribution >= 4 is 22.9 Å². The van der Waals surface area contributed by atoms with E-state index in [1.54, 1.807) is 12.3 Å². The molecule has 0 aliphatic rings. The Morgan fingerprint density at radius 3 is 2.86 bits per heavy atom. The van der Waals surface area contributed by atoms with E-state index < -0.39 is 0 Å². The summed E-state index contributed by atoms with van der Waals surface area (Å²) in [7, 11) is 0. The molecule has 0 fully saturated rings. The van der Waals surface area contributed by atoms with Gasteiger partial charge in [0.15, 0.2) is 0 Å². The lowest BCUT2D eigenvalue weighted by molar-refractivity contribution is 0.278. The molecule has 2 rings (SSSR count). The molecule has 0 spiro atoms. The van der Waals surface area contributed by atoms with E-state index in [9.17, 15) is 0 Å². The molecule has 14 heavy (non-hydrogen) atoms. The van der Waals surface area contributed by atoms with Crippen molar-refractivity contribution in [1.82, 2.24) is 9.97 Å². The van der Waals surface area contributed by atoms with Crippen molar-refractivity contribution < 1.29 is 5.11 Å². The first-order chi connectivity index (χ1) is 6.79. The van der Waals surface area contributed by atoms with Gasteiger partial charge in [0.2, 0.25) is 0 Å². The summed E-state index contributed by atoms with van der Waals surface area (Å²) in [4.78, 5) is 8.17. The molecule has 1 N–H and O–H groups in total. The molecule has 72 valence electrons. The second-order valence-electron chi connectivity index (χ2n) is 2.67. The van der Waals surface area contributed by atoms with Gasteiger partial charge in [-0.1, -0.05) is 11.6 Å². The summed E-state index contributed by atoms with van der Waals surface area (Å²) in [6.07, 6.45) is 1.67. The molecule has 0 radical (unpaired) electrons. The Morgan fingerprint density at radius 2 is 2.29 bits per heavy atom. The van der Waals surface area contributed by atoms with Gasteiger partial charge in [-0.3, -0.25) is 0 Å². The zero-order valence-corrected chi connectivity index (χ0v) is 8.72. The highest BCUT2D eigenvalue weighted by atomic mass is 35.5. The largest absolute Gasteiger partial charge is 0.390 e. The highest BCUT2D eigenvalue weighted by Gasteiger charge is 2.03. The third kappa shape index (κ3) is 1.92. The molecule has 0 aliphatic carbocycles. The fraction of sp³-hybridized carbons (Fsp3) is 0.111. The number of hydrogen-bond acceptors (Lipinski definition) is 4. The molecular weight excluding hydrogens is 220 g/mol. The second-order valence-corrected chi connectivity index (χ2v) is 3.92. The third-order valence-corrected chi connectivity index (χ3v) is 2.85. The summed E-state index contributed by atoms with van der Waals surface area (Å²) in [5.74, 6) is 0. The van der Waals surface area contributed by atoms with Crippen LogP contribution < -0.4 is 0 Å². The molecule has 5 heteroatoms. The predicted molar refractivity (Wildman–Crippen MR) is 56.3 cm³/mol. The van der Waals surface area contributed by atoms with Crippen LogP contribution in [-0.4, -0.2) is 15.1 Å². The number of pyridine rings is 1. The first-order valence-electron chi connectivity index (χ1n) is 3.97. The summed E-state index contributed by atoms with van der Waals surface area (Å²) in [5.41, 5.74) is 1.60. The number of aliphatic hydroxyl groups is 1. The fourth-order valence-corrected chi connectivity index (χ4v) is 1.93. The zero-order valence-electron chi connectivity index (χ0n) is 7.14. The minimum Gasteiger partial charge on any atom is -0.390 e. The van der Waals surface area contributed by atoms with Crippen molar-refractivity contribution in [3.63, 3.8) is 0 Å². The molecule has 0 aromatic carbocycles. The standard InChI is InChI=1S/C9H7ClN2OS/c10-8-2-1-6(3-11-8)9-12-7(4-13)5-14-9/h1-3,5,13H,4H2. The van der Waals surface area contributed by atoms with Crippen molar-refractivity contribution in [2.24, 2.45) is 0 Å². The number of nitrogens with zero attached hydrogens (tertiary/aromatic N) is 2. The van der Waals surface area contributed by atoms with Crippen LogP contribution in [0.4, 0.5) is 0 Å².